The summed E-state index contributed by atoms with van der Waals surface area (Å²) < 4.78 is 5.39. The van der Waals surface area contributed by atoms with Gasteiger partial charge in [0.05, 0.1) is 18.0 Å². The minimum absolute atomic E-state index is 0. The Morgan fingerprint density at radius 1 is 1.38 bits per heavy atom. The van der Waals surface area contributed by atoms with Crippen molar-refractivity contribution in [2.24, 2.45) is 0 Å². The van der Waals surface area contributed by atoms with Crippen molar-refractivity contribution in [1.29, 1.82) is 0 Å². The molecule has 16 heavy (non-hydrogen) atoms. The van der Waals surface area contributed by atoms with E-state index < -0.39 is 0 Å². The average Bonchev–Trinajstić information content (AvgIpc) is 2.30. The van der Waals surface area contributed by atoms with Gasteiger partial charge in [0.15, 0.2) is 0 Å². The largest absolute Gasteiger partial charge is 0.382 e. The van der Waals surface area contributed by atoms with Crippen LogP contribution in [0.1, 0.15) is 6.92 Å². The first-order valence-corrected chi connectivity index (χ1v) is 5.57. The van der Waals surface area contributed by atoms with Crippen molar-refractivity contribution in [3.05, 3.63) is 24.3 Å². The number of fused-ring (bicyclic) bond motifs is 1. The Morgan fingerprint density at radius 3 is 3.00 bits per heavy atom. The summed E-state index contributed by atoms with van der Waals surface area (Å²) in [4.78, 5) is 2.38. The Bertz CT molecular complexity index is 320. The van der Waals surface area contributed by atoms with E-state index in [1.54, 1.807) is 0 Å². The van der Waals surface area contributed by atoms with Crippen molar-refractivity contribution in [1.82, 2.24) is 0 Å². The second kappa shape index (κ2) is 6.61. The van der Waals surface area contributed by atoms with E-state index >= 15 is 0 Å². The summed E-state index contributed by atoms with van der Waals surface area (Å²) in [7, 11) is 0. The summed E-state index contributed by atoms with van der Waals surface area (Å²) in [6, 6.07) is 8.44. The maximum absolute atomic E-state index is 5.39. The molecule has 0 spiro atoms. The monoisotopic (exact) mass is 242 g/mol. The van der Waals surface area contributed by atoms with Gasteiger partial charge >= 0.3 is 0 Å². The molecule has 0 amide bonds. The van der Waals surface area contributed by atoms with E-state index in [4.69, 9.17) is 4.74 Å². The van der Waals surface area contributed by atoms with Gasteiger partial charge in [-0.05, 0) is 19.1 Å². The molecule has 4 heteroatoms. The molecular weight excluding hydrogens is 224 g/mol. The summed E-state index contributed by atoms with van der Waals surface area (Å²) >= 11 is 0. The van der Waals surface area contributed by atoms with Crippen LogP contribution in [0.5, 0.6) is 0 Å². The lowest BCUT2D eigenvalue weighted by molar-refractivity contribution is 0.154. The second-order valence-electron chi connectivity index (χ2n) is 3.63. The molecule has 3 nitrogen and oxygen atoms in total. The van der Waals surface area contributed by atoms with Crippen LogP contribution in [0.3, 0.4) is 0 Å². The van der Waals surface area contributed by atoms with Crippen molar-refractivity contribution in [2.75, 3.05) is 43.1 Å². The van der Waals surface area contributed by atoms with Crippen LogP contribution in [-0.2, 0) is 4.74 Å². The zero-order valence-electron chi connectivity index (χ0n) is 9.61. The lowest BCUT2D eigenvalue weighted by atomic mass is 10.2. The van der Waals surface area contributed by atoms with Gasteiger partial charge in [-0.2, -0.15) is 0 Å². The van der Waals surface area contributed by atoms with Crippen molar-refractivity contribution >= 4 is 23.8 Å². The van der Waals surface area contributed by atoms with E-state index in [9.17, 15) is 0 Å². The number of hydrogen-bond acceptors (Lipinski definition) is 3. The first-order valence-electron chi connectivity index (χ1n) is 5.57. The maximum Gasteiger partial charge on any atom is 0.0641 e. The number of halogens is 1. The number of hydrogen-bond donors (Lipinski definition) is 1. The predicted octanol–water partition coefficient (Wildman–Crippen LogP) is 2.38. The highest BCUT2D eigenvalue weighted by atomic mass is 35.5. The van der Waals surface area contributed by atoms with Crippen LogP contribution in [0.15, 0.2) is 24.3 Å². The highest BCUT2D eigenvalue weighted by Crippen LogP contribution is 2.27. The van der Waals surface area contributed by atoms with Crippen LogP contribution in [0, 0.1) is 0 Å². The Kier molecular flexibility index (Phi) is 5.43. The van der Waals surface area contributed by atoms with Gasteiger partial charge in [-0.3, -0.25) is 0 Å². The fourth-order valence-corrected chi connectivity index (χ4v) is 1.90. The molecule has 1 aliphatic heterocycles. The number of ether oxygens (including phenoxy) is 1. The Labute approximate surface area is 103 Å². The Morgan fingerprint density at radius 2 is 2.19 bits per heavy atom. The summed E-state index contributed by atoms with van der Waals surface area (Å²) in [6.45, 7) is 6.70. The molecule has 1 N–H and O–H groups in total. The quantitative estimate of drug-likeness (QED) is 0.821. The molecule has 1 heterocycles. The number of rotatable bonds is 4. The molecule has 90 valence electrons. The first kappa shape index (κ1) is 13.1. The van der Waals surface area contributed by atoms with Crippen LogP contribution in [0.2, 0.25) is 0 Å². The SMILES string of the molecule is CCOCCN1CCNc2ccccc21.Cl. The average molecular weight is 243 g/mol. The third kappa shape index (κ3) is 3.03. The molecule has 0 aliphatic carbocycles. The molecule has 1 aromatic rings. The van der Waals surface area contributed by atoms with Crippen molar-refractivity contribution < 1.29 is 4.74 Å². The maximum atomic E-state index is 5.39. The minimum Gasteiger partial charge on any atom is -0.382 e. The first-order chi connectivity index (χ1) is 7.42. The lowest BCUT2D eigenvalue weighted by Gasteiger charge is -2.31. The predicted molar refractivity (Wildman–Crippen MR) is 70.9 cm³/mol. The summed E-state index contributed by atoms with van der Waals surface area (Å²) in [5, 5.41) is 3.40. The molecule has 0 aromatic heterocycles. The zero-order valence-corrected chi connectivity index (χ0v) is 10.4. The third-order valence-corrected chi connectivity index (χ3v) is 2.65. The van der Waals surface area contributed by atoms with Crippen LogP contribution in [-0.4, -0.2) is 32.8 Å². The molecule has 1 aromatic carbocycles. The zero-order chi connectivity index (χ0) is 10.5. The van der Waals surface area contributed by atoms with E-state index in [0.29, 0.717) is 0 Å². The number of nitrogens with zero attached hydrogens (tertiary/aromatic N) is 1. The Hall–Kier alpha value is -0.930. The normalized spacial score (nSPS) is 13.7. The van der Waals surface area contributed by atoms with E-state index in [1.807, 2.05) is 6.92 Å². The van der Waals surface area contributed by atoms with E-state index in [0.717, 1.165) is 32.8 Å². The topological polar surface area (TPSA) is 24.5 Å². The fourth-order valence-electron chi connectivity index (χ4n) is 1.90. The second-order valence-corrected chi connectivity index (χ2v) is 3.63. The highest BCUT2D eigenvalue weighted by molar-refractivity contribution is 5.85. The number of anilines is 2. The standard InChI is InChI=1S/C12H18N2O.ClH/c1-2-15-10-9-14-8-7-13-11-5-3-4-6-12(11)14;/h3-6,13H,2,7-10H2,1H3;1H. The number of nitrogens with one attached hydrogen (secondary N) is 1. The third-order valence-electron chi connectivity index (χ3n) is 2.65. The minimum atomic E-state index is 0. The summed E-state index contributed by atoms with van der Waals surface area (Å²) in [5.41, 5.74) is 2.53. The molecule has 0 fully saturated rings. The molecule has 1 aliphatic rings. The number of para-hydroxylation sites is 2. The lowest BCUT2D eigenvalue weighted by Crippen LogP contribution is -2.36. The van der Waals surface area contributed by atoms with Gasteiger partial charge in [0, 0.05) is 26.2 Å². The summed E-state index contributed by atoms with van der Waals surface area (Å²) in [6.07, 6.45) is 0. The molecule has 0 saturated heterocycles. The van der Waals surface area contributed by atoms with E-state index in [1.165, 1.54) is 11.4 Å². The van der Waals surface area contributed by atoms with Crippen LogP contribution in [0.4, 0.5) is 11.4 Å². The number of benzene rings is 1. The van der Waals surface area contributed by atoms with Gasteiger partial charge in [-0.1, -0.05) is 12.1 Å². The van der Waals surface area contributed by atoms with Gasteiger partial charge < -0.3 is 15.0 Å². The smallest absolute Gasteiger partial charge is 0.0641 e. The molecule has 0 unspecified atom stereocenters. The van der Waals surface area contributed by atoms with Gasteiger partial charge in [0.2, 0.25) is 0 Å². The van der Waals surface area contributed by atoms with Crippen LogP contribution in [0.25, 0.3) is 0 Å². The van der Waals surface area contributed by atoms with Gasteiger partial charge in [0.1, 0.15) is 0 Å². The molecule has 0 radical (unpaired) electrons. The van der Waals surface area contributed by atoms with E-state index in [-0.39, 0.29) is 12.4 Å². The van der Waals surface area contributed by atoms with Gasteiger partial charge in [0.25, 0.3) is 0 Å². The molecule has 2 rings (SSSR count). The van der Waals surface area contributed by atoms with Gasteiger partial charge in [-0.15, -0.1) is 12.4 Å². The highest BCUT2D eigenvalue weighted by Gasteiger charge is 2.14. The molecule has 0 atom stereocenters. The molecule has 0 saturated carbocycles. The van der Waals surface area contributed by atoms with Crippen LogP contribution < -0.4 is 10.2 Å². The van der Waals surface area contributed by atoms with Crippen LogP contribution >= 0.6 is 12.4 Å². The summed E-state index contributed by atoms with van der Waals surface area (Å²) in [5.74, 6) is 0. The van der Waals surface area contributed by atoms with E-state index in [2.05, 4.69) is 34.5 Å². The van der Waals surface area contributed by atoms with Crippen molar-refractivity contribution in [2.45, 2.75) is 6.92 Å². The van der Waals surface area contributed by atoms with Gasteiger partial charge in [-0.25, -0.2) is 0 Å². The fraction of sp³-hybridized carbons (Fsp3) is 0.500. The Balaban J connectivity index is 0.00000128. The van der Waals surface area contributed by atoms with Crippen molar-refractivity contribution in [3.63, 3.8) is 0 Å². The van der Waals surface area contributed by atoms with Crippen molar-refractivity contribution in [3.8, 4) is 0 Å². The molecular formula is C12H19ClN2O. The molecule has 0 bridgehead atoms.